The van der Waals surface area contributed by atoms with Gasteiger partial charge in [0.05, 0.1) is 36.3 Å². The van der Waals surface area contributed by atoms with E-state index in [0.29, 0.717) is 22.9 Å². The first-order valence-corrected chi connectivity index (χ1v) is 51.8. The number of hydrogen-bond acceptors (Lipinski definition) is 6. The monoisotopic (exact) mass is 1870 g/mol. The van der Waals surface area contributed by atoms with Gasteiger partial charge in [-0.05, 0) is 203 Å². The summed E-state index contributed by atoms with van der Waals surface area (Å²) in [5.74, 6) is -1.27. The van der Waals surface area contributed by atoms with Crippen LogP contribution in [0.5, 0.6) is 11.5 Å². The number of amides is 2. The van der Waals surface area contributed by atoms with Crippen LogP contribution in [0.25, 0.3) is 0 Å². The van der Waals surface area contributed by atoms with Gasteiger partial charge in [-0.2, -0.15) is 15.4 Å². The number of aryl methyl sites for hydroxylation is 9. The molecule has 0 spiro atoms. The molecule has 3 saturated carbocycles. The van der Waals surface area contributed by atoms with E-state index in [4.69, 9.17) is 48.2 Å². The number of rotatable bonds is 15. The molecule has 23 heteroatoms. The zero-order valence-corrected chi connectivity index (χ0v) is 75.7. The molecule has 12 rings (SSSR count). The first-order valence-electron chi connectivity index (χ1n) is 37.8. The van der Waals surface area contributed by atoms with Crippen molar-refractivity contribution in [3.05, 3.63) is 232 Å². The molecule has 0 aromatic heterocycles. The van der Waals surface area contributed by atoms with Crippen molar-refractivity contribution in [1.82, 2.24) is 0 Å². The first-order chi connectivity index (χ1) is 53.0. The van der Waals surface area contributed by atoms with Crippen LogP contribution in [-0.4, -0.2) is 106 Å². The molecule has 0 unspecified atom stereocenters. The third kappa shape index (κ3) is 29.2. The van der Waals surface area contributed by atoms with Crippen LogP contribution in [0.15, 0.2) is 163 Å². The van der Waals surface area contributed by atoms with Crippen LogP contribution in [0.3, 0.4) is 0 Å². The molecule has 0 atom stereocenters. The Morgan fingerprint density at radius 2 is 0.928 bits per heavy atom. The molecule has 2 saturated heterocycles. The maximum atomic E-state index is 12.5. The number of nitrogens with zero attached hydrogens (tertiary/aromatic N) is 6. The van der Waals surface area contributed by atoms with E-state index in [9.17, 15) is 27.2 Å². The Morgan fingerprint density at radius 3 is 1.26 bits per heavy atom. The van der Waals surface area contributed by atoms with Crippen LogP contribution in [0.1, 0.15) is 166 Å². The Hall–Kier alpha value is -5.13. The predicted octanol–water partition coefficient (Wildman–Crippen LogP) is 24.5. The summed E-state index contributed by atoms with van der Waals surface area (Å²) < 4.78 is 64.9. The Bertz CT molecular complexity index is 3990. The van der Waals surface area contributed by atoms with Gasteiger partial charge in [-0.15, -0.1) is 0 Å². The van der Waals surface area contributed by atoms with Gasteiger partial charge in [-0.3, -0.25) is 9.69 Å². The predicted molar refractivity (Wildman–Crippen MR) is 460 cm³/mol. The summed E-state index contributed by atoms with van der Waals surface area (Å²) in [6.45, 7) is 40.2. The number of allylic oxidation sites excluding steroid dienone is 5. The third-order valence-electron chi connectivity index (χ3n) is 20.5. The van der Waals surface area contributed by atoms with Gasteiger partial charge in [0.25, 0.3) is 5.91 Å². The number of hydrogen-bond donors (Lipinski definition) is 0. The van der Waals surface area contributed by atoms with Gasteiger partial charge in [-0.1, -0.05) is 123 Å². The molecule has 2 heterocycles. The first kappa shape index (κ1) is 94.7. The number of halogens is 9. The van der Waals surface area contributed by atoms with Crippen molar-refractivity contribution < 1.29 is 83.3 Å². The molecular weight excluding hydrogens is 1750 g/mol. The molecule has 2 amide bonds. The zero-order chi connectivity index (χ0) is 81.6. The Labute approximate surface area is 700 Å². The SMILES string of the molecule is C1CCC([PH+](C2CCCCC2)C2CCCCC2)CC1.C=C1C=C(C)C(=[N+]2[CH-]N(c3c(C)cc(C)cc3C)CC2)C(C)=C1.C=CN(C(=O)C(F)F)c1ccc(OC)cc1.COc1ccc(N([CH]=[Ru]([Cl])[Cl])C(=[OH+])C(F)F)cc1.Cc1cc(C)c(N2[CH-]N(c3c(C)cc(C)cc3C)CC2)c(C)c1.[Cl][Cu].[Cl][Ru]([Cl])=[CH]c1ccccc1. The second-order valence-corrected chi connectivity index (χ2v) is 43.8. The van der Waals surface area contributed by atoms with Crippen molar-refractivity contribution in [1.29, 1.82) is 0 Å². The molecule has 0 radical (unpaired) electrons. The minimum atomic E-state index is -3.06. The summed E-state index contributed by atoms with van der Waals surface area (Å²) in [5.41, 5.74) is 26.7. The number of carbonyl (C=O) groups excluding carboxylic acids is 2. The van der Waals surface area contributed by atoms with E-state index >= 15 is 0 Å². The van der Waals surface area contributed by atoms with Gasteiger partial charge in [0.2, 0.25) is 0 Å². The van der Waals surface area contributed by atoms with Gasteiger partial charge in [0, 0.05) is 50.0 Å². The van der Waals surface area contributed by atoms with Crippen molar-refractivity contribution in [2.24, 2.45) is 0 Å². The number of anilines is 5. The molecular formula is C88H114Cl5CuF4N6O4PRu2+. The molecule has 5 fully saturated rings. The van der Waals surface area contributed by atoms with Crippen molar-refractivity contribution in [3.8, 4) is 11.5 Å². The minimum absolute atomic E-state index is 0.0465. The summed E-state index contributed by atoms with van der Waals surface area (Å²) in [7, 11) is 29.8. The van der Waals surface area contributed by atoms with Crippen LogP contribution in [0.4, 0.5) is 46.0 Å². The fraction of sp³-hybridized carbons (Fsp3) is 0.420. The fourth-order valence-electron chi connectivity index (χ4n) is 16.3. The number of carbonyl (C=O) groups is 1. The number of methoxy groups -OCH3 is 2. The second-order valence-electron chi connectivity index (χ2n) is 29.0. The van der Waals surface area contributed by atoms with E-state index in [1.165, 1.54) is 144 Å². The molecule has 614 valence electrons. The van der Waals surface area contributed by atoms with Crippen molar-refractivity contribution >= 4 is 112 Å². The van der Waals surface area contributed by atoms with Gasteiger partial charge >= 0.3 is 221 Å². The standard InChI is InChI=1S/C21H27N2.C21H26N2.C18H33P.C11H11F2NO2.C10H9F2NO2.C7H6.5ClH.Cu.2Ru/c2*1-14-9-16(3)20(17(4)10-14)22-7-8-23(13-22)21-18(5)11-15(2)12-19(21)6;1-4-10-16(11-5-1)19(17-12-6-2-7-13-17)18-14-8-3-9-15-18;1-3-14(11(15)10(12)13)8-4-6-9(16-2)7-5-8;1-13(10(14)9(11)12)7-3-5-8(15-2)6-4-7;1-7-5-3-2-4-6-7;;;;;;;;/h9-13H,7-8H2,1-6H3;9-13H,1,7-8H2,2-6H3;16-18H,1-15H2;3-7,10H,1H2,2H3;1,3-6,9H,2H3;1-6H;5*1H;;;/q-1;;;;;;;;;;;+1;2*+2/p-3. The zero-order valence-electron chi connectivity index (χ0n) is 66.5. The maximum absolute atomic E-state index is 12.5. The van der Waals surface area contributed by atoms with E-state index in [1.54, 1.807) is 121 Å². The molecule has 6 aromatic rings. The molecule has 111 heavy (non-hydrogen) atoms. The average Bonchev–Trinajstić information content (AvgIpc) is 1.65. The third-order valence-corrected chi connectivity index (χ3v) is 28.5. The van der Waals surface area contributed by atoms with E-state index in [1.807, 2.05) is 34.9 Å². The molecule has 2 aliphatic heterocycles. The second kappa shape index (κ2) is 48.4. The van der Waals surface area contributed by atoms with Gasteiger partial charge in [0.15, 0.2) is 0 Å². The Kier molecular flexibility index (Phi) is 41.3. The molecule has 10 nitrogen and oxygen atoms in total. The van der Waals surface area contributed by atoms with E-state index in [2.05, 4.69) is 196 Å². The van der Waals surface area contributed by atoms with Gasteiger partial charge < -0.3 is 24.0 Å². The summed E-state index contributed by atoms with van der Waals surface area (Å²) in [4.78, 5) is 29.3. The molecule has 0 bridgehead atoms. The fourth-order valence-corrected chi connectivity index (χ4v) is 25.0. The number of alkyl halides is 4. The molecule has 6 aromatic carbocycles. The number of ether oxygens (including phenoxy) is 2. The van der Waals surface area contributed by atoms with Gasteiger partial charge in [0.1, 0.15) is 19.0 Å². The van der Waals surface area contributed by atoms with Gasteiger partial charge in [-0.25, -0.2) is 0 Å². The summed E-state index contributed by atoms with van der Waals surface area (Å²) >= 11 is -0.311. The Morgan fingerprint density at radius 1 is 0.559 bits per heavy atom. The molecule has 1 N–H and O–H groups in total. The average molecular weight is 1870 g/mol. The van der Waals surface area contributed by atoms with Crippen molar-refractivity contribution in [3.63, 3.8) is 0 Å². The number of benzene rings is 6. The van der Waals surface area contributed by atoms with Crippen molar-refractivity contribution in [2.45, 2.75) is 202 Å². The van der Waals surface area contributed by atoms with E-state index in [0.717, 1.165) is 53.3 Å². The normalized spacial score (nSPS) is 16.0. The molecule has 4 aliphatic carbocycles. The van der Waals surface area contributed by atoms with Crippen LogP contribution < -0.4 is 34.0 Å². The van der Waals surface area contributed by atoms with Crippen LogP contribution in [0, 0.1) is 75.7 Å². The van der Waals surface area contributed by atoms with Crippen LogP contribution in [0.2, 0.25) is 0 Å². The summed E-state index contributed by atoms with van der Waals surface area (Å²) in [6.07, 6.45) is 23.1. The summed E-state index contributed by atoms with van der Waals surface area (Å²) in [6, 6.07) is 35.9. The topological polar surface area (TPSA) is 76.1 Å². The van der Waals surface area contributed by atoms with E-state index < -0.39 is 51.7 Å². The van der Waals surface area contributed by atoms with Crippen LogP contribution >= 0.6 is 56.8 Å². The Balaban J connectivity index is 0.000000210. The van der Waals surface area contributed by atoms with E-state index in [-0.39, 0.29) is 7.92 Å². The van der Waals surface area contributed by atoms with Crippen molar-refractivity contribution in [2.75, 3.05) is 64.9 Å². The van der Waals surface area contributed by atoms with Crippen LogP contribution in [-0.2, 0) is 46.9 Å². The molecule has 6 aliphatic rings. The summed E-state index contributed by atoms with van der Waals surface area (Å²) in [5, 5.41) is 0. The quantitative estimate of drug-likeness (QED) is 0.0255.